The van der Waals surface area contributed by atoms with Crippen LogP contribution >= 0.6 is 0 Å². The third kappa shape index (κ3) is 2.73. The van der Waals surface area contributed by atoms with Gasteiger partial charge in [0.15, 0.2) is 0 Å². The number of amides is 1. The fourth-order valence-corrected chi connectivity index (χ4v) is 3.87. The van der Waals surface area contributed by atoms with Crippen LogP contribution in [0.1, 0.15) is 52.9 Å². The normalized spacial score (nSPS) is 35.5. The van der Waals surface area contributed by atoms with Gasteiger partial charge in [0.1, 0.15) is 0 Å². The van der Waals surface area contributed by atoms with E-state index in [1.165, 1.54) is 19.4 Å². The number of carbonyl (C=O) groups is 1. The smallest absolute Gasteiger partial charge is 0.241 e. The summed E-state index contributed by atoms with van der Waals surface area (Å²) < 4.78 is 0. The van der Waals surface area contributed by atoms with E-state index >= 15 is 0 Å². The molecule has 2 aliphatic heterocycles. The van der Waals surface area contributed by atoms with Gasteiger partial charge in [-0.15, -0.1) is 0 Å². The minimum absolute atomic E-state index is 0.0509. The molecule has 1 N–H and O–H groups in total. The zero-order valence-corrected chi connectivity index (χ0v) is 13.1. The summed E-state index contributed by atoms with van der Waals surface area (Å²) in [6, 6.07) is 1.32. The predicted octanol–water partition coefficient (Wildman–Crippen LogP) is 1.81. The second kappa shape index (κ2) is 5.64. The van der Waals surface area contributed by atoms with Crippen LogP contribution in [0.2, 0.25) is 0 Å². The standard InChI is InChI=1S/C16H29N3O/c1-4-15-17-14(9-11(2)3)16(20)19(15)13-7-8-18(10-13)12-5-6-12/h11-15,17H,4-10H2,1-3H3. The molecule has 3 unspecified atom stereocenters. The molecule has 1 aliphatic carbocycles. The van der Waals surface area contributed by atoms with Crippen LogP contribution in [-0.4, -0.2) is 53.1 Å². The molecule has 2 heterocycles. The van der Waals surface area contributed by atoms with Crippen molar-refractivity contribution in [2.24, 2.45) is 5.92 Å². The quantitative estimate of drug-likeness (QED) is 0.833. The van der Waals surface area contributed by atoms with Crippen LogP contribution in [0.4, 0.5) is 0 Å². The van der Waals surface area contributed by atoms with Crippen LogP contribution in [0.5, 0.6) is 0 Å². The Balaban J connectivity index is 1.65. The molecule has 2 saturated heterocycles. The molecule has 0 aromatic heterocycles. The highest BCUT2D eigenvalue weighted by Crippen LogP contribution is 2.33. The van der Waals surface area contributed by atoms with Gasteiger partial charge in [-0.1, -0.05) is 20.8 Å². The molecule has 0 aromatic carbocycles. The molecule has 114 valence electrons. The summed E-state index contributed by atoms with van der Waals surface area (Å²) in [5.41, 5.74) is 0. The molecule has 3 fully saturated rings. The number of rotatable bonds is 5. The first kappa shape index (κ1) is 14.3. The van der Waals surface area contributed by atoms with Crippen LogP contribution in [0.25, 0.3) is 0 Å². The Hall–Kier alpha value is -0.610. The largest absolute Gasteiger partial charge is 0.321 e. The Labute approximate surface area is 122 Å². The Morgan fingerprint density at radius 2 is 2.00 bits per heavy atom. The SMILES string of the molecule is CCC1NC(CC(C)C)C(=O)N1C1CCN(C2CC2)C1. The summed E-state index contributed by atoms with van der Waals surface area (Å²) in [6.45, 7) is 8.86. The Morgan fingerprint density at radius 1 is 1.25 bits per heavy atom. The molecule has 4 nitrogen and oxygen atoms in total. The van der Waals surface area contributed by atoms with E-state index in [1.54, 1.807) is 0 Å². The van der Waals surface area contributed by atoms with E-state index < -0.39 is 0 Å². The number of hydrogen-bond acceptors (Lipinski definition) is 3. The third-order valence-corrected chi connectivity index (χ3v) is 5.03. The van der Waals surface area contributed by atoms with Gasteiger partial charge in [-0.25, -0.2) is 0 Å². The number of nitrogens with zero attached hydrogens (tertiary/aromatic N) is 2. The van der Waals surface area contributed by atoms with E-state index in [0.29, 0.717) is 17.9 Å². The van der Waals surface area contributed by atoms with Crippen LogP contribution < -0.4 is 5.32 Å². The molecule has 3 atom stereocenters. The monoisotopic (exact) mass is 279 g/mol. The summed E-state index contributed by atoms with van der Waals surface area (Å²) in [4.78, 5) is 17.5. The number of hydrogen-bond donors (Lipinski definition) is 1. The lowest BCUT2D eigenvalue weighted by Crippen LogP contribution is -2.45. The van der Waals surface area contributed by atoms with Gasteiger partial charge in [-0.2, -0.15) is 0 Å². The van der Waals surface area contributed by atoms with Crippen molar-refractivity contribution >= 4 is 5.91 Å². The van der Waals surface area contributed by atoms with Crippen molar-refractivity contribution in [2.75, 3.05) is 13.1 Å². The average molecular weight is 279 g/mol. The van der Waals surface area contributed by atoms with Gasteiger partial charge in [-0.3, -0.25) is 15.0 Å². The predicted molar refractivity (Wildman–Crippen MR) is 80.3 cm³/mol. The van der Waals surface area contributed by atoms with Crippen LogP contribution in [0, 0.1) is 5.92 Å². The molecule has 0 aromatic rings. The highest BCUT2D eigenvalue weighted by atomic mass is 16.2. The molecule has 3 rings (SSSR count). The summed E-state index contributed by atoms with van der Waals surface area (Å²) in [5, 5.41) is 3.57. The lowest BCUT2D eigenvalue weighted by molar-refractivity contribution is -0.132. The van der Waals surface area contributed by atoms with Crippen LogP contribution in [0.3, 0.4) is 0 Å². The third-order valence-electron chi connectivity index (χ3n) is 5.03. The zero-order chi connectivity index (χ0) is 14.3. The van der Waals surface area contributed by atoms with Gasteiger partial charge in [0.05, 0.1) is 12.2 Å². The second-order valence-corrected chi connectivity index (χ2v) is 7.19. The van der Waals surface area contributed by atoms with Gasteiger partial charge in [0.25, 0.3) is 0 Å². The highest BCUT2D eigenvalue weighted by molar-refractivity contribution is 5.84. The van der Waals surface area contributed by atoms with Gasteiger partial charge >= 0.3 is 0 Å². The molecule has 0 radical (unpaired) electrons. The molecule has 1 saturated carbocycles. The van der Waals surface area contributed by atoms with Crippen LogP contribution in [-0.2, 0) is 4.79 Å². The summed E-state index contributed by atoms with van der Waals surface area (Å²) in [5.74, 6) is 0.925. The maximum atomic E-state index is 12.7. The minimum Gasteiger partial charge on any atom is -0.321 e. The molecule has 3 aliphatic rings. The van der Waals surface area contributed by atoms with Gasteiger partial charge < -0.3 is 4.90 Å². The lowest BCUT2D eigenvalue weighted by Gasteiger charge is -2.29. The Morgan fingerprint density at radius 3 is 2.60 bits per heavy atom. The molecule has 4 heteroatoms. The molecule has 20 heavy (non-hydrogen) atoms. The highest BCUT2D eigenvalue weighted by Gasteiger charge is 2.45. The second-order valence-electron chi connectivity index (χ2n) is 7.19. The van der Waals surface area contributed by atoms with Crippen LogP contribution in [0.15, 0.2) is 0 Å². The van der Waals surface area contributed by atoms with Crippen molar-refractivity contribution in [3.8, 4) is 0 Å². The lowest BCUT2D eigenvalue weighted by atomic mass is 10.0. The van der Waals surface area contributed by atoms with Crippen molar-refractivity contribution in [3.05, 3.63) is 0 Å². The molecule has 0 bridgehead atoms. The number of carbonyl (C=O) groups excluding carboxylic acids is 1. The Bertz CT molecular complexity index is 367. The van der Waals surface area contributed by atoms with Gasteiger partial charge in [-0.05, 0) is 38.0 Å². The van der Waals surface area contributed by atoms with Gasteiger partial charge in [0.2, 0.25) is 5.91 Å². The zero-order valence-electron chi connectivity index (χ0n) is 13.1. The fourth-order valence-electron chi connectivity index (χ4n) is 3.87. The number of nitrogens with one attached hydrogen (secondary N) is 1. The number of likely N-dealkylation sites (tertiary alicyclic amines) is 1. The van der Waals surface area contributed by atoms with E-state index in [1.807, 2.05) is 0 Å². The van der Waals surface area contributed by atoms with E-state index in [2.05, 4.69) is 35.9 Å². The topological polar surface area (TPSA) is 35.6 Å². The minimum atomic E-state index is 0.0509. The maximum absolute atomic E-state index is 12.7. The van der Waals surface area contributed by atoms with Crippen molar-refractivity contribution in [1.82, 2.24) is 15.1 Å². The van der Waals surface area contributed by atoms with E-state index in [0.717, 1.165) is 31.8 Å². The molecular formula is C16H29N3O. The van der Waals surface area contributed by atoms with Crippen molar-refractivity contribution in [1.29, 1.82) is 0 Å². The fraction of sp³-hybridized carbons (Fsp3) is 0.938. The first-order valence-electron chi connectivity index (χ1n) is 8.42. The summed E-state index contributed by atoms with van der Waals surface area (Å²) >= 11 is 0. The van der Waals surface area contributed by atoms with Crippen molar-refractivity contribution < 1.29 is 4.79 Å². The van der Waals surface area contributed by atoms with E-state index in [9.17, 15) is 4.79 Å². The first-order valence-corrected chi connectivity index (χ1v) is 8.42. The van der Waals surface area contributed by atoms with Crippen molar-refractivity contribution in [2.45, 2.75) is 77.2 Å². The average Bonchev–Trinajstić information content (AvgIpc) is 3.07. The summed E-state index contributed by atoms with van der Waals surface area (Å²) in [7, 11) is 0. The van der Waals surface area contributed by atoms with E-state index in [-0.39, 0.29) is 12.2 Å². The molecule has 0 spiro atoms. The summed E-state index contributed by atoms with van der Waals surface area (Å²) in [6.07, 6.45) is 6.13. The van der Waals surface area contributed by atoms with Crippen molar-refractivity contribution in [3.63, 3.8) is 0 Å². The van der Waals surface area contributed by atoms with Gasteiger partial charge in [0, 0.05) is 25.2 Å². The molecular weight excluding hydrogens is 250 g/mol. The molecule has 1 amide bonds. The Kier molecular flexibility index (Phi) is 4.04. The van der Waals surface area contributed by atoms with E-state index in [4.69, 9.17) is 0 Å². The maximum Gasteiger partial charge on any atom is 0.241 e. The first-order chi connectivity index (χ1) is 9.60.